The molecule has 1 aromatic carbocycles. The molecule has 0 bridgehead atoms. The van der Waals surface area contributed by atoms with Gasteiger partial charge < -0.3 is 14.8 Å². The lowest BCUT2D eigenvalue weighted by atomic mass is 9.89. The van der Waals surface area contributed by atoms with Crippen molar-refractivity contribution in [2.75, 3.05) is 25.6 Å². The molecule has 0 atom stereocenters. The number of halogens is 1. The van der Waals surface area contributed by atoms with Gasteiger partial charge in [0.2, 0.25) is 0 Å². The summed E-state index contributed by atoms with van der Waals surface area (Å²) in [5, 5.41) is 3.30. The highest BCUT2D eigenvalue weighted by Crippen LogP contribution is 2.28. The Balaban J connectivity index is 2.22. The van der Waals surface area contributed by atoms with Crippen molar-refractivity contribution in [1.29, 1.82) is 0 Å². The molecule has 0 amide bonds. The summed E-state index contributed by atoms with van der Waals surface area (Å²) in [5.41, 5.74) is 0.227. The normalized spacial score (nSPS) is 18.1. The molecule has 2 rings (SSSR count). The number of methoxy groups -OCH3 is 1. The quantitative estimate of drug-likeness (QED) is 0.871. The number of carbonyl (C=O) groups excluding carboxylic acids is 1. The Kier molecular flexibility index (Phi) is 4.24. The van der Waals surface area contributed by atoms with Crippen LogP contribution in [0.4, 0.5) is 5.69 Å². The summed E-state index contributed by atoms with van der Waals surface area (Å²) in [6.07, 6.45) is 1.23. The van der Waals surface area contributed by atoms with Crippen LogP contribution in [0.5, 0.6) is 0 Å². The second-order valence-electron chi connectivity index (χ2n) is 4.32. The molecule has 1 heterocycles. The molecular formula is C13H16BrNO3. The number of nitrogens with one attached hydrogen (secondary N) is 1. The third kappa shape index (κ3) is 2.84. The minimum Gasteiger partial charge on any atom is -0.467 e. The van der Waals surface area contributed by atoms with Gasteiger partial charge in [0.1, 0.15) is 5.54 Å². The Hall–Kier alpha value is -1.07. The van der Waals surface area contributed by atoms with Crippen molar-refractivity contribution < 1.29 is 14.3 Å². The topological polar surface area (TPSA) is 47.6 Å². The molecule has 4 nitrogen and oxygen atoms in total. The first-order valence-corrected chi connectivity index (χ1v) is 6.65. The molecule has 0 aromatic heterocycles. The highest BCUT2D eigenvalue weighted by Gasteiger charge is 2.41. The van der Waals surface area contributed by atoms with Crippen LogP contribution in [0, 0.1) is 0 Å². The van der Waals surface area contributed by atoms with E-state index < -0.39 is 5.54 Å². The van der Waals surface area contributed by atoms with E-state index in [1.54, 1.807) is 0 Å². The molecule has 0 radical (unpaired) electrons. The van der Waals surface area contributed by atoms with Crippen LogP contribution >= 0.6 is 15.9 Å². The van der Waals surface area contributed by atoms with E-state index in [1.807, 2.05) is 24.3 Å². The summed E-state index contributed by atoms with van der Waals surface area (Å²) in [7, 11) is 1.42. The van der Waals surface area contributed by atoms with Gasteiger partial charge in [-0.25, -0.2) is 4.79 Å². The maximum Gasteiger partial charge on any atom is 0.331 e. The van der Waals surface area contributed by atoms with Gasteiger partial charge in [-0.15, -0.1) is 0 Å². The first kappa shape index (κ1) is 13.4. The van der Waals surface area contributed by atoms with Gasteiger partial charge in [0.15, 0.2) is 0 Å². The molecule has 0 unspecified atom stereocenters. The van der Waals surface area contributed by atoms with Gasteiger partial charge in [-0.3, -0.25) is 0 Å². The molecule has 1 aliphatic heterocycles. The van der Waals surface area contributed by atoms with Crippen molar-refractivity contribution >= 4 is 27.6 Å². The standard InChI is InChI=1S/C13H16BrNO3/c1-17-12(16)13(5-7-18-8-6-13)15-11-4-2-3-10(14)9-11/h2-4,9,15H,5-8H2,1H3. The van der Waals surface area contributed by atoms with Gasteiger partial charge in [-0.05, 0) is 18.2 Å². The van der Waals surface area contributed by atoms with E-state index >= 15 is 0 Å². The summed E-state index contributed by atoms with van der Waals surface area (Å²) in [4.78, 5) is 12.0. The van der Waals surface area contributed by atoms with Crippen molar-refractivity contribution in [1.82, 2.24) is 0 Å². The van der Waals surface area contributed by atoms with Crippen LogP contribution in [0.25, 0.3) is 0 Å². The number of hydrogen-bond donors (Lipinski definition) is 1. The van der Waals surface area contributed by atoms with Gasteiger partial charge in [0, 0.05) is 36.2 Å². The van der Waals surface area contributed by atoms with Gasteiger partial charge in [0.25, 0.3) is 0 Å². The molecule has 0 saturated carbocycles. The van der Waals surface area contributed by atoms with E-state index in [4.69, 9.17) is 9.47 Å². The average Bonchev–Trinajstić information content (AvgIpc) is 2.39. The smallest absolute Gasteiger partial charge is 0.331 e. The van der Waals surface area contributed by atoms with Crippen LogP contribution in [-0.2, 0) is 14.3 Å². The predicted molar refractivity (Wildman–Crippen MR) is 72.6 cm³/mol. The molecule has 1 saturated heterocycles. The second-order valence-corrected chi connectivity index (χ2v) is 5.24. The van der Waals surface area contributed by atoms with E-state index in [1.165, 1.54) is 7.11 Å². The highest BCUT2D eigenvalue weighted by molar-refractivity contribution is 9.10. The fourth-order valence-electron chi connectivity index (χ4n) is 2.14. The van der Waals surface area contributed by atoms with Crippen molar-refractivity contribution in [3.63, 3.8) is 0 Å². The number of carbonyl (C=O) groups is 1. The first-order valence-electron chi connectivity index (χ1n) is 5.86. The molecule has 1 aromatic rings. The lowest BCUT2D eigenvalue weighted by Crippen LogP contribution is -2.51. The zero-order valence-corrected chi connectivity index (χ0v) is 11.8. The number of benzene rings is 1. The molecule has 1 N–H and O–H groups in total. The average molecular weight is 314 g/mol. The van der Waals surface area contributed by atoms with E-state index in [-0.39, 0.29) is 5.97 Å². The maximum atomic E-state index is 12.0. The van der Waals surface area contributed by atoms with Crippen molar-refractivity contribution in [2.45, 2.75) is 18.4 Å². The number of hydrogen-bond acceptors (Lipinski definition) is 4. The molecular weight excluding hydrogens is 298 g/mol. The second kappa shape index (κ2) is 5.71. The van der Waals surface area contributed by atoms with Gasteiger partial charge >= 0.3 is 5.97 Å². The molecule has 0 aliphatic carbocycles. The van der Waals surface area contributed by atoms with Crippen LogP contribution in [0.2, 0.25) is 0 Å². The zero-order chi connectivity index (χ0) is 13.0. The van der Waals surface area contributed by atoms with Crippen LogP contribution in [0.15, 0.2) is 28.7 Å². The largest absolute Gasteiger partial charge is 0.467 e. The predicted octanol–water partition coefficient (Wildman–Crippen LogP) is 2.58. The van der Waals surface area contributed by atoms with Crippen molar-refractivity contribution in [2.24, 2.45) is 0 Å². The molecule has 1 aliphatic rings. The minimum atomic E-state index is -0.673. The number of esters is 1. The molecule has 18 heavy (non-hydrogen) atoms. The van der Waals surface area contributed by atoms with Gasteiger partial charge in [0.05, 0.1) is 7.11 Å². The maximum absolute atomic E-state index is 12.0. The Labute approximate surface area is 115 Å². The Morgan fingerprint density at radius 3 is 2.78 bits per heavy atom. The zero-order valence-electron chi connectivity index (χ0n) is 10.2. The summed E-state index contributed by atoms with van der Waals surface area (Å²) >= 11 is 3.42. The lowest BCUT2D eigenvalue weighted by molar-refractivity contribution is -0.149. The Bertz CT molecular complexity index is 430. The Morgan fingerprint density at radius 2 is 2.17 bits per heavy atom. The molecule has 5 heteroatoms. The third-order valence-corrected chi connectivity index (χ3v) is 3.62. The minimum absolute atomic E-state index is 0.231. The monoisotopic (exact) mass is 313 g/mol. The van der Waals surface area contributed by atoms with E-state index in [0.29, 0.717) is 26.1 Å². The first-order chi connectivity index (χ1) is 8.66. The Morgan fingerprint density at radius 1 is 1.44 bits per heavy atom. The third-order valence-electron chi connectivity index (χ3n) is 3.13. The highest BCUT2D eigenvalue weighted by atomic mass is 79.9. The fraction of sp³-hybridized carbons (Fsp3) is 0.462. The lowest BCUT2D eigenvalue weighted by Gasteiger charge is -2.36. The van der Waals surface area contributed by atoms with Crippen LogP contribution in [-0.4, -0.2) is 31.8 Å². The molecule has 0 spiro atoms. The summed E-state index contributed by atoms with van der Waals surface area (Å²) in [5.74, 6) is -0.231. The van der Waals surface area contributed by atoms with Crippen LogP contribution < -0.4 is 5.32 Å². The number of anilines is 1. The van der Waals surface area contributed by atoms with Crippen LogP contribution in [0.3, 0.4) is 0 Å². The van der Waals surface area contributed by atoms with E-state index in [2.05, 4.69) is 21.2 Å². The van der Waals surface area contributed by atoms with Crippen molar-refractivity contribution in [3.05, 3.63) is 28.7 Å². The molecule has 1 fully saturated rings. The number of ether oxygens (including phenoxy) is 2. The number of rotatable bonds is 3. The van der Waals surface area contributed by atoms with Crippen molar-refractivity contribution in [3.8, 4) is 0 Å². The van der Waals surface area contributed by atoms with Gasteiger partial charge in [-0.2, -0.15) is 0 Å². The van der Waals surface area contributed by atoms with E-state index in [9.17, 15) is 4.79 Å². The summed E-state index contributed by atoms with van der Waals surface area (Å²) < 4.78 is 11.2. The van der Waals surface area contributed by atoms with Gasteiger partial charge in [-0.1, -0.05) is 22.0 Å². The molecule has 98 valence electrons. The summed E-state index contributed by atoms with van der Waals surface area (Å²) in [6.45, 7) is 1.13. The summed E-state index contributed by atoms with van der Waals surface area (Å²) in [6, 6.07) is 7.75. The van der Waals surface area contributed by atoms with E-state index in [0.717, 1.165) is 10.2 Å². The SMILES string of the molecule is COC(=O)C1(Nc2cccc(Br)c2)CCOCC1. The van der Waals surface area contributed by atoms with Crippen LogP contribution in [0.1, 0.15) is 12.8 Å². The fourth-order valence-corrected chi connectivity index (χ4v) is 2.54.